The SMILES string of the molecule is O=C(Nc1ccccc1)C(F)F.O=C(Nc1ccccc1)C(F)F. The number of hydrogen-bond donors (Lipinski definition) is 2. The van der Waals surface area contributed by atoms with Crippen LogP contribution in [0.25, 0.3) is 0 Å². The molecule has 128 valence electrons. The fourth-order valence-corrected chi connectivity index (χ4v) is 1.44. The molecular formula is C16H14F4N2O2. The van der Waals surface area contributed by atoms with E-state index in [2.05, 4.69) is 10.6 Å². The Balaban J connectivity index is 0.000000240. The van der Waals surface area contributed by atoms with Crippen molar-refractivity contribution < 1.29 is 27.2 Å². The van der Waals surface area contributed by atoms with E-state index in [9.17, 15) is 27.2 Å². The van der Waals surface area contributed by atoms with Crippen LogP contribution in [-0.4, -0.2) is 24.7 Å². The summed E-state index contributed by atoms with van der Waals surface area (Å²) in [7, 11) is 0. The summed E-state index contributed by atoms with van der Waals surface area (Å²) in [6.07, 6.45) is -5.93. The minimum atomic E-state index is -2.97. The number of alkyl halides is 4. The van der Waals surface area contributed by atoms with Gasteiger partial charge in [-0.05, 0) is 24.3 Å². The summed E-state index contributed by atoms with van der Waals surface area (Å²) in [5, 5.41) is 4.10. The van der Waals surface area contributed by atoms with Gasteiger partial charge in [-0.3, -0.25) is 9.59 Å². The standard InChI is InChI=1S/2C8H7F2NO/c2*9-7(10)8(12)11-6-4-2-1-3-5-6/h2*1-5,7H,(H,11,12). The molecule has 0 aliphatic carbocycles. The number of para-hydroxylation sites is 2. The predicted octanol–water partition coefficient (Wildman–Crippen LogP) is 3.78. The minimum Gasteiger partial charge on any atom is -0.321 e. The average Bonchev–Trinajstić information content (AvgIpc) is 2.57. The molecule has 0 bridgehead atoms. The van der Waals surface area contributed by atoms with Crippen molar-refractivity contribution in [2.24, 2.45) is 0 Å². The number of anilines is 2. The molecule has 2 rings (SSSR count). The van der Waals surface area contributed by atoms with Crippen LogP contribution in [-0.2, 0) is 9.59 Å². The third-order valence-electron chi connectivity index (χ3n) is 2.48. The molecule has 0 aliphatic heterocycles. The van der Waals surface area contributed by atoms with Crippen LogP contribution in [0, 0.1) is 0 Å². The normalized spacial score (nSPS) is 9.92. The first-order valence-electron chi connectivity index (χ1n) is 6.68. The summed E-state index contributed by atoms with van der Waals surface area (Å²) in [6, 6.07) is 16.3. The number of halogens is 4. The monoisotopic (exact) mass is 342 g/mol. The van der Waals surface area contributed by atoms with Gasteiger partial charge >= 0.3 is 12.9 Å². The van der Waals surface area contributed by atoms with E-state index in [1.165, 1.54) is 0 Å². The van der Waals surface area contributed by atoms with E-state index in [0.29, 0.717) is 11.4 Å². The van der Waals surface area contributed by atoms with Crippen LogP contribution in [0.2, 0.25) is 0 Å². The molecule has 2 amide bonds. The van der Waals surface area contributed by atoms with Gasteiger partial charge < -0.3 is 10.6 Å². The van der Waals surface area contributed by atoms with Crippen LogP contribution in [0.3, 0.4) is 0 Å². The molecule has 0 saturated carbocycles. The minimum absolute atomic E-state index is 0.378. The van der Waals surface area contributed by atoms with Crippen LogP contribution in [0.5, 0.6) is 0 Å². The van der Waals surface area contributed by atoms with E-state index in [1.54, 1.807) is 60.7 Å². The van der Waals surface area contributed by atoms with Crippen LogP contribution < -0.4 is 10.6 Å². The van der Waals surface area contributed by atoms with E-state index < -0.39 is 24.7 Å². The predicted molar refractivity (Wildman–Crippen MR) is 82.2 cm³/mol. The first kappa shape index (κ1) is 19.1. The van der Waals surface area contributed by atoms with Gasteiger partial charge in [-0.2, -0.15) is 17.6 Å². The van der Waals surface area contributed by atoms with Crippen molar-refractivity contribution in [3.8, 4) is 0 Å². The molecule has 24 heavy (non-hydrogen) atoms. The van der Waals surface area contributed by atoms with Gasteiger partial charge in [-0.25, -0.2) is 0 Å². The Morgan fingerprint density at radius 2 is 0.917 bits per heavy atom. The maximum Gasteiger partial charge on any atom is 0.315 e. The van der Waals surface area contributed by atoms with E-state index in [0.717, 1.165) is 0 Å². The van der Waals surface area contributed by atoms with Gasteiger partial charge in [0, 0.05) is 11.4 Å². The maximum absolute atomic E-state index is 11.7. The number of rotatable bonds is 4. The highest BCUT2D eigenvalue weighted by atomic mass is 19.3. The second-order valence-electron chi connectivity index (χ2n) is 4.31. The zero-order valence-corrected chi connectivity index (χ0v) is 12.3. The Bertz CT molecular complexity index is 580. The Kier molecular flexibility index (Phi) is 7.97. The Morgan fingerprint density at radius 1 is 0.625 bits per heavy atom. The van der Waals surface area contributed by atoms with Gasteiger partial charge in [-0.1, -0.05) is 36.4 Å². The third-order valence-corrected chi connectivity index (χ3v) is 2.48. The number of nitrogens with one attached hydrogen (secondary N) is 2. The molecule has 0 aliphatic rings. The lowest BCUT2D eigenvalue weighted by molar-refractivity contribution is -0.126. The first-order valence-corrected chi connectivity index (χ1v) is 6.68. The fraction of sp³-hybridized carbons (Fsp3) is 0.125. The second kappa shape index (κ2) is 9.98. The van der Waals surface area contributed by atoms with Gasteiger partial charge in [-0.15, -0.1) is 0 Å². The van der Waals surface area contributed by atoms with Crippen LogP contribution in [0.4, 0.5) is 28.9 Å². The third kappa shape index (κ3) is 7.39. The summed E-state index contributed by atoms with van der Waals surface area (Å²) in [4.78, 5) is 20.9. The lowest BCUT2D eigenvalue weighted by Crippen LogP contribution is -2.19. The number of carbonyl (C=O) groups excluding carboxylic acids is 2. The van der Waals surface area contributed by atoms with Crippen molar-refractivity contribution in [2.45, 2.75) is 12.9 Å². The molecule has 4 nitrogen and oxygen atoms in total. The summed E-state index contributed by atoms with van der Waals surface area (Å²) >= 11 is 0. The summed E-state index contributed by atoms with van der Waals surface area (Å²) in [5.74, 6) is -2.55. The Labute approximate surface area is 135 Å². The van der Waals surface area contributed by atoms with E-state index in [1.807, 2.05) is 0 Å². The highest BCUT2D eigenvalue weighted by molar-refractivity contribution is 5.93. The first-order chi connectivity index (χ1) is 11.4. The highest BCUT2D eigenvalue weighted by Crippen LogP contribution is 2.07. The van der Waals surface area contributed by atoms with Crippen LogP contribution >= 0.6 is 0 Å². The Hall–Kier alpha value is -2.90. The van der Waals surface area contributed by atoms with E-state index in [4.69, 9.17) is 0 Å². The summed E-state index contributed by atoms with van der Waals surface area (Å²) in [6.45, 7) is 0. The molecule has 0 heterocycles. The largest absolute Gasteiger partial charge is 0.321 e. The molecule has 0 fully saturated rings. The Morgan fingerprint density at radius 3 is 1.17 bits per heavy atom. The number of carbonyl (C=O) groups is 2. The van der Waals surface area contributed by atoms with Crippen molar-refractivity contribution >= 4 is 23.2 Å². The zero-order valence-electron chi connectivity index (χ0n) is 12.3. The molecule has 0 aromatic heterocycles. The van der Waals surface area contributed by atoms with E-state index >= 15 is 0 Å². The fourth-order valence-electron chi connectivity index (χ4n) is 1.44. The quantitative estimate of drug-likeness (QED) is 0.831. The molecule has 0 atom stereocenters. The lowest BCUT2D eigenvalue weighted by Gasteiger charge is -2.02. The lowest BCUT2D eigenvalue weighted by atomic mass is 10.3. The number of amides is 2. The summed E-state index contributed by atoms with van der Waals surface area (Å²) < 4.78 is 46.8. The van der Waals surface area contributed by atoms with Crippen LogP contribution in [0.1, 0.15) is 0 Å². The topological polar surface area (TPSA) is 58.2 Å². The average molecular weight is 342 g/mol. The molecular weight excluding hydrogens is 328 g/mol. The van der Waals surface area contributed by atoms with Crippen LogP contribution in [0.15, 0.2) is 60.7 Å². The van der Waals surface area contributed by atoms with Gasteiger partial charge in [0.05, 0.1) is 0 Å². The zero-order chi connectivity index (χ0) is 17.9. The van der Waals surface area contributed by atoms with Gasteiger partial charge in [0.2, 0.25) is 0 Å². The molecule has 8 heteroatoms. The molecule has 0 saturated heterocycles. The van der Waals surface area contributed by atoms with Crippen molar-refractivity contribution in [3.63, 3.8) is 0 Å². The van der Waals surface area contributed by atoms with Gasteiger partial charge in [0.15, 0.2) is 0 Å². The molecule has 0 spiro atoms. The molecule has 2 aromatic carbocycles. The van der Waals surface area contributed by atoms with Crippen molar-refractivity contribution in [3.05, 3.63) is 60.7 Å². The van der Waals surface area contributed by atoms with Crippen molar-refractivity contribution in [2.75, 3.05) is 10.6 Å². The second-order valence-corrected chi connectivity index (χ2v) is 4.31. The van der Waals surface area contributed by atoms with E-state index in [-0.39, 0.29) is 0 Å². The molecule has 0 unspecified atom stereocenters. The molecule has 2 N–H and O–H groups in total. The van der Waals surface area contributed by atoms with Gasteiger partial charge in [0.25, 0.3) is 11.8 Å². The smallest absolute Gasteiger partial charge is 0.315 e. The molecule has 0 radical (unpaired) electrons. The number of hydrogen-bond acceptors (Lipinski definition) is 2. The van der Waals surface area contributed by atoms with Crippen molar-refractivity contribution in [1.82, 2.24) is 0 Å². The maximum atomic E-state index is 11.7. The van der Waals surface area contributed by atoms with Crippen molar-refractivity contribution in [1.29, 1.82) is 0 Å². The van der Waals surface area contributed by atoms with Gasteiger partial charge in [0.1, 0.15) is 0 Å². The molecule has 2 aromatic rings. The summed E-state index contributed by atoms with van der Waals surface area (Å²) in [5.41, 5.74) is 0.755. The number of benzene rings is 2. The highest BCUT2D eigenvalue weighted by Gasteiger charge is 2.14.